The van der Waals surface area contributed by atoms with E-state index < -0.39 is 6.10 Å². The molecular weight excluding hydrogens is 228 g/mol. The van der Waals surface area contributed by atoms with Gasteiger partial charge in [0.25, 0.3) is 0 Å². The number of hydrogen-bond donors (Lipinski definition) is 1. The van der Waals surface area contributed by atoms with Gasteiger partial charge >= 0.3 is 0 Å². The maximum absolute atomic E-state index is 10.6. The molecule has 1 saturated heterocycles. The standard InChI is InChI=1S/C15H22O3/c1-4-17-14-6-5-10(2)9-13(14)15(16)12-7-8-18-11(12)3/h5-6,9,11-12,15-16H,4,7-8H2,1-3H3. The summed E-state index contributed by atoms with van der Waals surface area (Å²) >= 11 is 0. The van der Waals surface area contributed by atoms with Gasteiger partial charge in [0.1, 0.15) is 5.75 Å². The van der Waals surface area contributed by atoms with E-state index in [4.69, 9.17) is 9.47 Å². The van der Waals surface area contributed by atoms with Crippen molar-refractivity contribution in [2.75, 3.05) is 13.2 Å². The Hall–Kier alpha value is -1.06. The Labute approximate surface area is 109 Å². The van der Waals surface area contributed by atoms with Crippen LogP contribution in [0.25, 0.3) is 0 Å². The van der Waals surface area contributed by atoms with Crippen LogP contribution in [0.4, 0.5) is 0 Å². The third kappa shape index (κ3) is 2.68. The summed E-state index contributed by atoms with van der Waals surface area (Å²) in [5.74, 6) is 0.945. The maximum Gasteiger partial charge on any atom is 0.125 e. The molecule has 1 fully saturated rings. The quantitative estimate of drug-likeness (QED) is 0.893. The third-order valence-corrected chi connectivity index (χ3v) is 3.62. The highest BCUT2D eigenvalue weighted by Gasteiger charge is 2.33. The second-order valence-corrected chi connectivity index (χ2v) is 4.95. The van der Waals surface area contributed by atoms with Crippen LogP contribution in [0.5, 0.6) is 5.75 Å². The summed E-state index contributed by atoms with van der Waals surface area (Å²) in [6.45, 7) is 7.35. The molecule has 0 radical (unpaired) electrons. The number of benzene rings is 1. The molecule has 0 spiro atoms. The highest BCUT2D eigenvalue weighted by atomic mass is 16.5. The first-order valence-electron chi connectivity index (χ1n) is 6.66. The lowest BCUT2D eigenvalue weighted by Crippen LogP contribution is -2.20. The lowest BCUT2D eigenvalue weighted by atomic mass is 9.89. The van der Waals surface area contributed by atoms with Crippen molar-refractivity contribution >= 4 is 0 Å². The number of rotatable bonds is 4. The van der Waals surface area contributed by atoms with Crippen molar-refractivity contribution in [2.24, 2.45) is 5.92 Å². The zero-order chi connectivity index (χ0) is 13.1. The Kier molecular flexibility index (Phi) is 4.25. The van der Waals surface area contributed by atoms with Gasteiger partial charge in [0, 0.05) is 18.1 Å². The summed E-state index contributed by atoms with van der Waals surface area (Å²) in [5, 5.41) is 10.6. The fourth-order valence-corrected chi connectivity index (χ4v) is 2.58. The summed E-state index contributed by atoms with van der Waals surface area (Å²) in [4.78, 5) is 0. The van der Waals surface area contributed by atoms with E-state index in [0.717, 1.165) is 29.9 Å². The van der Waals surface area contributed by atoms with E-state index in [1.54, 1.807) is 0 Å². The molecule has 1 aliphatic rings. The maximum atomic E-state index is 10.6. The molecule has 1 aliphatic heterocycles. The molecule has 0 amide bonds. The predicted octanol–water partition coefficient (Wildman–Crippen LogP) is 2.85. The molecule has 1 aromatic carbocycles. The molecule has 3 atom stereocenters. The third-order valence-electron chi connectivity index (χ3n) is 3.62. The number of ether oxygens (including phenoxy) is 2. The van der Waals surface area contributed by atoms with Crippen LogP contribution in [0.1, 0.15) is 37.5 Å². The lowest BCUT2D eigenvalue weighted by Gasteiger charge is -2.23. The zero-order valence-electron chi connectivity index (χ0n) is 11.3. The van der Waals surface area contributed by atoms with Crippen molar-refractivity contribution in [1.82, 2.24) is 0 Å². The highest BCUT2D eigenvalue weighted by molar-refractivity contribution is 5.39. The fourth-order valence-electron chi connectivity index (χ4n) is 2.58. The molecule has 1 heterocycles. The van der Waals surface area contributed by atoms with E-state index in [1.807, 2.05) is 39.0 Å². The summed E-state index contributed by atoms with van der Waals surface area (Å²) in [5.41, 5.74) is 2.03. The van der Waals surface area contributed by atoms with Crippen LogP contribution in [0.3, 0.4) is 0 Å². The average Bonchev–Trinajstić information content (AvgIpc) is 2.77. The van der Waals surface area contributed by atoms with Crippen LogP contribution in [0.15, 0.2) is 18.2 Å². The van der Waals surface area contributed by atoms with Gasteiger partial charge in [-0.05, 0) is 39.3 Å². The molecule has 0 aromatic heterocycles. The molecule has 100 valence electrons. The molecule has 0 aliphatic carbocycles. The Morgan fingerprint density at radius 1 is 1.50 bits per heavy atom. The van der Waals surface area contributed by atoms with Gasteiger partial charge < -0.3 is 14.6 Å². The second-order valence-electron chi connectivity index (χ2n) is 4.95. The van der Waals surface area contributed by atoms with Crippen LogP contribution >= 0.6 is 0 Å². The van der Waals surface area contributed by atoms with Crippen LogP contribution in [-0.4, -0.2) is 24.4 Å². The second kappa shape index (κ2) is 5.72. The minimum Gasteiger partial charge on any atom is -0.493 e. The molecule has 1 aromatic rings. The summed E-state index contributed by atoms with van der Waals surface area (Å²) < 4.78 is 11.1. The molecule has 0 bridgehead atoms. The molecule has 0 saturated carbocycles. The SMILES string of the molecule is CCOc1ccc(C)cc1C(O)C1CCOC1C. The Morgan fingerprint density at radius 3 is 2.89 bits per heavy atom. The van der Waals surface area contributed by atoms with Crippen LogP contribution in [0.2, 0.25) is 0 Å². The zero-order valence-corrected chi connectivity index (χ0v) is 11.3. The summed E-state index contributed by atoms with van der Waals surface area (Å²) in [6, 6.07) is 5.97. The number of hydrogen-bond acceptors (Lipinski definition) is 3. The van der Waals surface area contributed by atoms with Crippen molar-refractivity contribution in [1.29, 1.82) is 0 Å². The van der Waals surface area contributed by atoms with E-state index in [1.165, 1.54) is 0 Å². The topological polar surface area (TPSA) is 38.7 Å². The van der Waals surface area contributed by atoms with E-state index in [0.29, 0.717) is 6.61 Å². The van der Waals surface area contributed by atoms with Crippen molar-refractivity contribution in [3.8, 4) is 5.75 Å². The first-order chi connectivity index (χ1) is 8.63. The van der Waals surface area contributed by atoms with Crippen molar-refractivity contribution in [3.63, 3.8) is 0 Å². The molecule has 2 rings (SSSR count). The molecule has 3 heteroatoms. The summed E-state index contributed by atoms with van der Waals surface area (Å²) in [7, 11) is 0. The van der Waals surface area contributed by atoms with Crippen molar-refractivity contribution in [3.05, 3.63) is 29.3 Å². The smallest absolute Gasteiger partial charge is 0.125 e. The number of aliphatic hydroxyl groups excluding tert-OH is 1. The van der Waals surface area contributed by atoms with Crippen molar-refractivity contribution < 1.29 is 14.6 Å². The fraction of sp³-hybridized carbons (Fsp3) is 0.600. The predicted molar refractivity (Wildman–Crippen MR) is 70.8 cm³/mol. The van der Waals surface area contributed by atoms with Crippen LogP contribution in [0, 0.1) is 12.8 Å². The molecule has 1 N–H and O–H groups in total. The monoisotopic (exact) mass is 250 g/mol. The molecular formula is C15H22O3. The van der Waals surface area contributed by atoms with Crippen LogP contribution in [-0.2, 0) is 4.74 Å². The number of aryl methyl sites for hydroxylation is 1. The lowest BCUT2D eigenvalue weighted by molar-refractivity contribution is 0.0417. The van der Waals surface area contributed by atoms with E-state index in [9.17, 15) is 5.11 Å². The minimum absolute atomic E-state index is 0.106. The Balaban J connectivity index is 2.27. The number of aliphatic hydroxyl groups is 1. The minimum atomic E-state index is -0.510. The summed E-state index contributed by atoms with van der Waals surface area (Å²) in [6.07, 6.45) is 0.501. The molecule has 18 heavy (non-hydrogen) atoms. The Morgan fingerprint density at radius 2 is 2.28 bits per heavy atom. The first-order valence-corrected chi connectivity index (χ1v) is 6.66. The normalized spacial score (nSPS) is 25.1. The molecule has 3 unspecified atom stereocenters. The molecule has 3 nitrogen and oxygen atoms in total. The van der Waals surface area contributed by atoms with Crippen LogP contribution < -0.4 is 4.74 Å². The van der Waals surface area contributed by atoms with Gasteiger partial charge in [-0.15, -0.1) is 0 Å². The van der Waals surface area contributed by atoms with E-state index >= 15 is 0 Å². The van der Waals surface area contributed by atoms with Crippen molar-refractivity contribution in [2.45, 2.75) is 39.4 Å². The van der Waals surface area contributed by atoms with Gasteiger partial charge in [-0.2, -0.15) is 0 Å². The first kappa shape index (κ1) is 13.4. The van der Waals surface area contributed by atoms with Gasteiger partial charge in [0.2, 0.25) is 0 Å². The van der Waals surface area contributed by atoms with Gasteiger partial charge in [-0.1, -0.05) is 11.6 Å². The highest BCUT2D eigenvalue weighted by Crippen LogP contribution is 2.37. The Bertz CT molecular complexity index is 403. The van der Waals surface area contributed by atoms with E-state index in [2.05, 4.69) is 0 Å². The van der Waals surface area contributed by atoms with E-state index in [-0.39, 0.29) is 12.0 Å². The largest absolute Gasteiger partial charge is 0.493 e. The van der Waals surface area contributed by atoms with Gasteiger partial charge in [-0.3, -0.25) is 0 Å². The van der Waals surface area contributed by atoms with Gasteiger partial charge in [0.15, 0.2) is 0 Å². The van der Waals surface area contributed by atoms with Gasteiger partial charge in [-0.25, -0.2) is 0 Å². The average molecular weight is 250 g/mol. The van der Waals surface area contributed by atoms with Gasteiger partial charge in [0.05, 0.1) is 18.8 Å².